The van der Waals surface area contributed by atoms with Crippen LogP contribution in [0.2, 0.25) is 6.82 Å². The van der Waals surface area contributed by atoms with Gasteiger partial charge in [0.25, 0.3) is 0 Å². The van der Waals surface area contributed by atoms with Gasteiger partial charge in [0, 0.05) is 13.1 Å². The molecule has 0 radical (unpaired) electrons. The predicted molar refractivity (Wildman–Crippen MR) is 101 cm³/mol. The monoisotopic (exact) mass is 345 g/mol. The van der Waals surface area contributed by atoms with Crippen LogP contribution >= 0.6 is 0 Å². The van der Waals surface area contributed by atoms with Crippen LogP contribution in [0, 0.1) is 0 Å². The van der Waals surface area contributed by atoms with Crippen molar-refractivity contribution in [2.24, 2.45) is 0 Å². The molecule has 2 aliphatic heterocycles. The van der Waals surface area contributed by atoms with E-state index in [1.165, 1.54) is 6.82 Å². The molecule has 0 unspecified atom stereocenters. The first-order chi connectivity index (χ1) is 11.7. The van der Waals surface area contributed by atoms with E-state index in [9.17, 15) is 0 Å². The molecule has 1 aromatic rings. The molecule has 1 aromatic carbocycles. The van der Waals surface area contributed by atoms with Crippen LogP contribution in [0.25, 0.3) is 0 Å². The normalized spacial score (nSPS) is 24.4. The topological polar surface area (TPSA) is 48.0 Å². The van der Waals surface area contributed by atoms with Crippen molar-refractivity contribution in [3.8, 4) is 5.75 Å². The van der Waals surface area contributed by atoms with Crippen LogP contribution in [-0.4, -0.2) is 56.6 Å². The molecule has 1 atom stereocenters. The van der Waals surface area contributed by atoms with Gasteiger partial charge < -0.3 is 18.9 Å². The molecule has 0 aliphatic carbocycles. The maximum Gasteiger partial charge on any atom is 0.494 e. The molecule has 3 rings (SSSR count). The summed E-state index contributed by atoms with van der Waals surface area (Å²) in [6.45, 7) is 11.8. The van der Waals surface area contributed by atoms with Crippen LogP contribution in [0.5, 0.6) is 5.75 Å². The third kappa shape index (κ3) is 4.93. The van der Waals surface area contributed by atoms with Gasteiger partial charge in [-0.05, 0) is 58.8 Å². The molecule has 2 saturated heterocycles. The van der Waals surface area contributed by atoms with Crippen molar-refractivity contribution in [1.82, 2.24) is 4.90 Å². The predicted octanol–water partition coefficient (Wildman–Crippen LogP) is 2.15. The number of likely N-dealkylation sites (tertiary alicyclic amines) is 1. The van der Waals surface area contributed by atoms with E-state index in [4.69, 9.17) is 18.8 Å². The summed E-state index contributed by atoms with van der Waals surface area (Å²) in [6.07, 6.45) is 1.39. The minimum Gasteiger partial charge on any atom is -0.489 e. The Morgan fingerprint density at radius 1 is 1.16 bits per heavy atom. The van der Waals surface area contributed by atoms with Gasteiger partial charge in [-0.2, -0.15) is 0 Å². The number of nitrogens with zero attached hydrogens (tertiary/aromatic N) is 1. The Morgan fingerprint density at radius 2 is 1.68 bits per heavy atom. The first-order valence-corrected chi connectivity index (χ1v) is 8.89. The minimum absolute atomic E-state index is 0.299. The largest absolute Gasteiger partial charge is 0.494 e. The van der Waals surface area contributed by atoms with Crippen molar-refractivity contribution in [2.75, 3.05) is 20.1 Å². The van der Waals surface area contributed by atoms with Crippen molar-refractivity contribution < 1.29 is 18.8 Å². The molecule has 0 N–H and O–H groups in total. The van der Waals surface area contributed by atoms with E-state index >= 15 is 0 Å². The molecule has 0 aromatic heterocycles. The molecule has 2 fully saturated rings. The Bertz CT molecular complexity index is 561. The van der Waals surface area contributed by atoms with Crippen molar-refractivity contribution in [3.05, 3.63) is 24.3 Å². The van der Waals surface area contributed by atoms with E-state index in [2.05, 4.69) is 39.6 Å². The molecule has 2 aliphatic rings. The molecule has 0 saturated carbocycles. The van der Waals surface area contributed by atoms with Gasteiger partial charge in [-0.25, -0.2) is 0 Å². The Balaban J connectivity index is 0.000000701. The van der Waals surface area contributed by atoms with Gasteiger partial charge in [0.2, 0.25) is 0 Å². The molecular formula is C18H29B2NO4. The average molecular weight is 345 g/mol. The standard InChI is InChI=1S/C17H26BNO3.CH3BO/c1-16(2)17(3,4)22-18(21-16)13-6-8-14(9-7-13)20-15-10-11-19(5)12-15;1-2-3/h6-9,15H,10-12H2,1-5H3;1H3/t15-;/m0./s1. The minimum atomic E-state index is -0.309. The quantitative estimate of drug-likeness (QED) is 0.786. The molecule has 7 heteroatoms. The van der Waals surface area contributed by atoms with Gasteiger partial charge in [-0.15, -0.1) is 0 Å². The van der Waals surface area contributed by atoms with E-state index in [0.29, 0.717) is 6.10 Å². The second kappa shape index (κ2) is 8.02. The van der Waals surface area contributed by atoms with Crippen LogP contribution in [0.3, 0.4) is 0 Å². The smallest absolute Gasteiger partial charge is 0.489 e. The van der Waals surface area contributed by atoms with Crippen molar-refractivity contribution in [2.45, 2.75) is 58.2 Å². The summed E-state index contributed by atoms with van der Waals surface area (Å²) in [5, 5.41) is 0. The maximum atomic E-state index is 8.81. The van der Waals surface area contributed by atoms with Crippen LogP contribution in [0.15, 0.2) is 24.3 Å². The molecule has 25 heavy (non-hydrogen) atoms. The fourth-order valence-electron chi connectivity index (χ4n) is 2.87. The Morgan fingerprint density at radius 3 is 2.12 bits per heavy atom. The molecule has 136 valence electrons. The number of hydrogen-bond donors (Lipinski definition) is 0. The third-order valence-corrected chi connectivity index (χ3v) is 5.06. The molecule has 0 spiro atoms. The molecule has 2 heterocycles. The number of likely N-dealkylation sites (N-methyl/N-ethyl adjacent to an activating group) is 1. The Kier molecular flexibility index (Phi) is 6.46. The van der Waals surface area contributed by atoms with Crippen molar-refractivity contribution in [3.63, 3.8) is 0 Å². The summed E-state index contributed by atoms with van der Waals surface area (Å²) >= 11 is 0. The number of ether oxygens (including phenoxy) is 1. The maximum absolute atomic E-state index is 8.81. The zero-order valence-corrected chi connectivity index (χ0v) is 16.2. The van der Waals surface area contributed by atoms with Gasteiger partial charge in [-0.1, -0.05) is 12.1 Å². The van der Waals surface area contributed by atoms with Crippen LogP contribution in [-0.2, 0) is 14.0 Å². The number of hydrogen-bond acceptors (Lipinski definition) is 5. The van der Waals surface area contributed by atoms with Crippen LogP contribution in [0.1, 0.15) is 34.1 Å². The van der Waals surface area contributed by atoms with Crippen LogP contribution < -0.4 is 10.2 Å². The summed E-state index contributed by atoms with van der Waals surface area (Å²) in [5.41, 5.74) is 0.428. The van der Waals surface area contributed by atoms with Gasteiger partial charge in [0.15, 0.2) is 0 Å². The summed E-state index contributed by atoms with van der Waals surface area (Å²) in [7, 11) is 2.57. The first-order valence-electron chi connectivity index (χ1n) is 8.89. The van der Waals surface area contributed by atoms with Gasteiger partial charge in [0.1, 0.15) is 11.9 Å². The van der Waals surface area contributed by atoms with Crippen LogP contribution in [0.4, 0.5) is 0 Å². The zero-order valence-electron chi connectivity index (χ0n) is 16.2. The van der Waals surface area contributed by atoms with E-state index in [-0.39, 0.29) is 18.3 Å². The fraction of sp³-hybridized carbons (Fsp3) is 0.667. The van der Waals surface area contributed by atoms with E-state index < -0.39 is 0 Å². The average Bonchev–Trinajstić information content (AvgIpc) is 3.01. The second-order valence-corrected chi connectivity index (χ2v) is 7.68. The summed E-state index contributed by atoms with van der Waals surface area (Å²) < 4.78 is 27.0. The van der Waals surface area contributed by atoms with Crippen molar-refractivity contribution >= 4 is 19.7 Å². The van der Waals surface area contributed by atoms with E-state index in [0.717, 1.165) is 37.9 Å². The number of rotatable bonds is 3. The molecule has 5 nitrogen and oxygen atoms in total. The number of benzene rings is 1. The molecule has 0 amide bonds. The SMILES string of the molecule is CB=O.CN1CC[C@H](Oc2ccc(B3OC(C)(C)C(C)(C)O3)cc2)C1. The second-order valence-electron chi connectivity index (χ2n) is 7.68. The zero-order chi connectivity index (χ0) is 18.7. The fourth-order valence-corrected chi connectivity index (χ4v) is 2.87. The summed E-state index contributed by atoms with van der Waals surface area (Å²) in [5.74, 6) is 0.917. The third-order valence-electron chi connectivity index (χ3n) is 5.06. The Labute approximate surface area is 152 Å². The molecular weight excluding hydrogens is 316 g/mol. The summed E-state index contributed by atoms with van der Waals surface area (Å²) in [4.78, 5) is 2.30. The molecule has 0 bridgehead atoms. The van der Waals surface area contributed by atoms with Crippen molar-refractivity contribution in [1.29, 1.82) is 0 Å². The van der Waals surface area contributed by atoms with Gasteiger partial charge in [0.05, 0.1) is 11.2 Å². The van der Waals surface area contributed by atoms with E-state index in [1.807, 2.05) is 24.3 Å². The summed E-state index contributed by atoms with van der Waals surface area (Å²) in [6, 6.07) is 8.10. The first kappa shape index (κ1) is 20.1. The van der Waals surface area contributed by atoms with Gasteiger partial charge in [-0.3, -0.25) is 0 Å². The van der Waals surface area contributed by atoms with Gasteiger partial charge >= 0.3 is 25.8 Å². The Hall–Kier alpha value is -1.17. The van der Waals surface area contributed by atoms with E-state index in [1.54, 1.807) is 0 Å².